The molecule has 0 bridgehead atoms. The minimum atomic E-state index is -0.600. The molecule has 1 aliphatic rings. The molecule has 7 heteroatoms. The summed E-state index contributed by atoms with van der Waals surface area (Å²) < 4.78 is 5.42. The average molecular weight is 451 g/mol. The lowest BCUT2D eigenvalue weighted by molar-refractivity contribution is -0.152. The molecule has 0 saturated carbocycles. The minimum absolute atomic E-state index is 0. The molecule has 1 amide bonds. The fourth-order valence-corrected chi connectivity index (χ4v) is 4.04. The number of esters is 1. The summed E-state index contributed by atoms with van der Waals surface area (Å²) in [5.74, 6) is -0.192. The highest BCUT2D eigenvalue weighted by Crippen LogP contribution is 2.37. The van der Waals surface area contributed by atoms with Crippen LogP contribution in [0.1, 0.15) is 31.7 Å². The number of halogens is 2. The van der Waals surface area contributed by atoms with E-state index in [1.807, 2.05) is 43.3 Å². The Balaban J connectivity index is 0.00000320. The van der Waals surface area contributed by atoms with Crippen molar-refractivity contribution in [3.63, 3.8) is 0 Å². The van der Waals surface area contributed by atoms with Gasteiger partial charge in [-0.05, 0) is 56.6 Å². The lowest BCUT2D eigenvalue weighted by atomic mass is 9.72. The van der Waals surface area contributed by atoms with E-state index in [-0.39, 0.29) is 24.3 Å². The SMILES string of the molecule is CCOC(=O)C1(c2ccccc2)CCN(CCC(=O)Nc2cccc(Cl)c2)CC1.Cl. The molecule has 2 aromatic carbocycles. The first kappa shape index (κ1) is 24.2. The molecule has 1 fully saturated rings. The maximum absolute atomic E-state index is 12.8. The second kappa shape index (κ2) is 11.3. The van der Waals surface area contributed by atoms with Crippen molar-refractivity contribution in [3.05, 3.63) is 65.2 Å². The number of likely N-dealkylation sites (tertiary alicyclic amines) is 1. The second-order valence-electron chi connectivity index (χ2n) is 7.32. The number of carbonyl (C=O) groups is 2. The highest BCUT2D eigenvalue weighted by atomic mass is 35.5. The van der Waals surface area contributed by atoms with Crippen molar-refractivity contribution in [2.75, 3.05) is 31.6 Å². The van der Waals surface area contributed by atoms with Gasteiger partial charge >= 0.3 is 5.97 Å². The van der Waals surface area contributed by atoms with E-state index in [9.17, 15) is 9.59 Å². The fraction of sp³-hybridized carbons (Fsp3) is 0.391. The Morgan fingerprint density at radius 2 is 1.80 bits per heavy atom. The van der Waals surface area contributed by atoms with Gasteiger partial charge in [0.25, 0.3) is 0 Å². The van der Waals surface area contributed by atoms with Crippen molar-refractivity contribution < 1.29 is 14.3 Å². The molecule has 1 aliphatic heterocycles. The van der Waals surface area contributed by atoms with Crippen LogP contribution in [-0.4, -0.2) is 43.0 Å². The normalized spacial score (nSPS) is 15.7. The molecule has 30 heavy (non-hydrogen) atoms. The van der Waals surface area contributed by atoms with Crippen LogP contribution in [-0.2, 0) is 19.7 Å². The summed E-state index contributed by atoms with van der Waals surface area (Å²) in [7, 11) is 0. The monoisotopic (exact) mass is 450 g/mol. The molecule has 3 rings (SSSR count). The standard InChI is InChI=1S/C23H27ClN2O3.ClH/c1-2-29-22(28)23(18-7-4-3-5-8-18)12-15-26(16-13-23)14-11-21(27)25-20-10-6-9-19(24)17-20;/h3-10,17H,2,11-16H2,1H3,(H,25,27);1H. The van der Waals surface area contributed by atoms with Crippen LogP contribution in [0.4, 0.5) is 5.69 Å². The summed E-state index contributed by atoms with van der Waals surface area (Å²) in [6.45, 7) is 4.36. The third-order valence-corrected chi connectivity index (χ3v) is 5.70. The van der Waals surface area contributed by atoms with E-state index in [1.165, 1.54) is 0 Å². The van der Waals surface area contributed by atoms with E-state index in [2.05, 4.69) is 10.2 Å². The summed E-state index contributed by atoms with van der Waals surface area (Å²) >= 11 is 5.96. The van der Waals surface area contributed by atoms with Crippen molar-refractivity contribution in [2.45, 2.75) is 31.6 Å². The Morgan fingerprint density at radius 1 is 1.10 bits per heavy atom. The molecule has 0 aromatic heterocycles. The number of nitrogens with one attached hydrogen (secondary N) is 1. The molecule has 1 heterocycles. The van der Waals surface area contributed by atoms with E-state index in [1.54, 1.807) is 18.2 Å². The zero-order valence-corrected chi connectivity index (χ0v) is 18.7. The highest BCUT2D eigenvalue weighted by molar-refractivity contribution is 6.30. The summed E-state index contributed by atoms with van der Waals surface area (Å²) in [5.41, 5.74) is 1.11. The van der Waals surface area contributed by atoms with Gasteiger partial charge < -0.3 is 15.0 Å². The summed E-state index contributed by atoms with van der Waals surface area (Å²) in [6.07, 6.45) is 1.77. The van der Waals surface area contributed by atoms with Gasteiger partial charge in [-0.15, -0.1) is 12.4 Å². The van der Waals surface area contributed by atoms with Gasteiger partial charge in [-0.25, -0.2) is 0 Å². The number of benzene rings is 2. The number of anilines is 1. The Morgan fingerprint density at radius 3 is 2.43 bits per heavy atom. The number of nitrogens with zero attached hydrogens (tertiary/aromatic N) is 1. The van der Waals surface area contributed by atoms with E-state index >= 15 is 0 Å². The van der Waals surface area contributed by atoms with Crippen molar-refractivity contribution in [1.82, 2.24) is 4.90 Å². The lowest BCUT2D eigenvalue weighted by Gasteiger charge is -2.40. The molecule has 0 spiro atoms. The van der Waals surface area contributed by atoms with E-state index in [0.717, 1.165) is 18.7 Å². The van der Waals surface area contributed by atoms with E-state index in [4.69, 9.17) is 16.3 Å². The molecule has 0 aliphatic carbocycles. The first-order valence-corrected chi connectivity index (χ1v) is 10.4. The number of ether oxygens (including phenoxy) is 1. The van der Waals surface area contributed by atoms with Crippen LogP contribution in [0.3, 0.4) is 0 Å². The number of piperidine rings is 1. The third-order valence-electron chi connectivity index (χ3n) is 5.47. The zero-order chi connectivity index (χ0) is 20.7. The predicted molar refractivity (Wildman–Crippen MR) is 122 cm³/mol. The molecule has 0 atom stereocenters. The van der Waals surface area contributed by atoms with Crippen molar-refractivity contribution in [3.8, 4) is 0 Å². The van der Waals surface area contributed by atoms with Crippen LogP contribution in [0, 0.1) is 0 Å². The minimum Gasteiger partial charge on any atom is -0.465 e. The maximum Gasteiger partial charge on any atom is 0.316 e. The zero-order valence-electron chi connectivity index (χ0n) is 17.1. The van der Waals surface area contributed by atoms with Crippen LogP contribution >= 0.6 is 24.0 Å². The summed E-state index contributed by atoms with van der Waals surface area (Å²) in [6, 6.07) is 17.0. The molecular formula is C23H28Cl2N2O3. The van der Waals surface area contributed by atoms with Crippen LogP contribution in [0.5, 0.6) is 0 Å². The third kappa shape index (κ3) is 5.97. The van der Waals surface area contributed by atoms with E-state index < -0.39 is 5.41 Å². The lowest BCUT2D eigenvalue weighted by Crippen LogP contribution is -2.48. The fourth-order valence-electron chi connectivity index (χ4n) is 3.84. The number of hydrogen-bond donors (Lipinski definition) is 1. The molecule has 0 radical (unpaired) electrons. The molecular weight excluding hydrogens is 423 g/mol. The van der Waals surface area contributed by atoms with Crippen LogP contribution in [0.25, 0.3) is 0 Å². The highest BCUT2D eigenvalue weighted by Gasteiger charge is 2.44. The Kier molecular flexibility index (Phi) is 9.15. The average Bonchev–Trinajstić information content (AvgIpc) is 2.73. The molecule has 0 unspecified atom stereocenters. The quantitative estimate of drug-likeness (QED) is 0.621. The van der Waals surface area contributed by atoms with Gasteiger partial charge in [-0.2, -0.15) is 0 Å². The summed E-state index contributed by atoms with van der Waals surface area (Å²) in [4.78, 5) is 27.3. The van der Waals surface area contributed by atoms with Crippen LogP contribution < -0.4 is 5.32 Å². The van der Waals surface area contributed by atoms with Crippen molar-refractivity contribution in [1.29, 1.82) is 0 Å². The van der Waals surface area contributed by atoms with Gasteiger partial charge in [0.2, 0.25) is 5.91 Å². The van der Waals surface area contributed by atoms with Crippen LogP contribution in [0.15, 0.2) is 54.6 Å². The Labute approximate surface area is 189 Å². The number of carbonyl (C=O) groups excluding carboxylic acids is 2. The molecule has 162 valence electrons. The molecule has 1 saturated heterocycles. The van der Waals surface area contributed by atoms with Gasteiger partial charge in [0, 0.05) is 23.7 Å². The van der Waals surface area contributed by atoms with Crippen molar-refractivity contribution >= 4 is 41.6 Å². The summed E-state index contributed by atoms with van der Waals surface area (Å²) in [5, 5.41) is 3.47. The first-order chi connectivity index (χ1) is 14.0. The number of amides is 1. The van der Waals surface area contributed by atoms with Crippen molar-refractivity contribution in [2.24, 2.45) is 0 Å². The Bertz CT molecular complexity index is 837. The number of hydrogen-bond acceptors (Lipinski definition) is 4. The topological polar surface area (TPSA) is 58.6 Å². The molecule has 1 N–H and O–H groups in total. The largest absolute Gasteiger partial charge is 0.465 e. The van der Waals surface area contributed by atoms with Gasteiger partial charge in [0.15, 0.2) is 0 Å². The molecule has 5 nitrogen and oxygen atoms in total. The molecule has 2 aromatic rings. The first-order valence-electron chi connectivity index (χ1n) is 10.0. The predicted octanol–water partition coefficient (Wildman–Crippen LogP) is 4.69. The maximum atomic E-state index is 12.8. The van der Waals surface area contributed by atoms with Crippen LogP contribution in [0.2, 0.25) is 5.02 Å². The van der Waals surface area contributed by atoms with Gasteiger partial charge in [-0.3, -0.25) is 9.59 Å². The van der Waals surface area contributed by atoms with Gasteiger partial charge in [0.1, 0.15) is 0 Å². The smallest absolute Gasteiger partial charge is 0.316 e. The Hall–Kier alpha value is -2.08. The van der Waals surface area contributed by atoms with Gasteiger partial charge in [-0.1, -0.05) is 48.0 Å². The number of rotatable bonds is 7. The van der Waals surface area contributed by atoms with Gasteiger partial charge in [0.05, 0.1) is 12.0 Å². The second-order valence-corrected chi connectivity index (χ2v) is 7.76. The van der Waals surface area contributed by atoms with E-state index in [0.29, 0.717) is 43.1 Å².